The summed E-state index contributed by atoms with van der Waals surface area (Å²) >= 11 is 0. The molecule has 0 saturated carbocycles. The minimum atomic E-state index is -0.0644. The van der Waals surface area contributed by atoms with Crippen LogP contribution in [0.4, 0.5) is 5.82 Å². The zero-order valence-electron chi connectivity index (χ0n) is 21.0. The summed E-state index contributed by atoms with van der Waals surface area (Å²) in [6.45, 7) is 7.23. The van der Waals surface area contributed by atoms with Crippen LogP contribution >= 0.6 is 0 Å². The SMILES string of the molecule is Cc1cn2nc([C@@H]3CCCCN3C(=O)c3ccccc3-c3cccnc3)cc2nc1N1CC[C@H](C)C1. The van der Waals surface area contributed by atoms with Gasteiger partial charge in [-0.25, -0.2) is 9.50 Å². The van der Waals surface area contributed by atoms with Gasteiger partial charge in [0.1, 0.15) is 5.82 Å². The maximum atomic E-state index is 14.0. The van der Waals surface area contributed by atoms with E-state index in [9.17, 15) is 4.79 Å². The summed E-state index contributed by atoms with van der Waals surface area (Å²) in [5.74, 6) is 1.80. The molecular formula is C29H32N6O. The molecule has 2 aliphatic heterocycles. The van der Waals surface area contributed by atoms with Gasteiger partial charge in [0.25, 0.3) is 5.91 Å². The highest BCUT2D eigenvalue weighted by Crippen LogP contribution is 2.34. The fourth-order valence-corrected chi connectivity index (χ4v) is 5.71. The number of amides is 1. The summed E-state index contributed by atoms with van der Waals surface area (Å²) in [6.07, 6.45) is 9.83. The van der Waals surface area contributed by atoms with Gasteiger partial charge < -0.3 is 9.80 Å². The number of benzene rings is 1. The van der Waals surface area contributed by atoms with Gasteiger partial charge in [-0.05, 0) is 56.2 Å². The average molecular weight is 481 g/mol. The Kier molecular flexibility index (Phi) is 5.91. The second-order valence-corrected chi connectivity index (χ2v) is 10.3. The van der Waals surface area contributed by atoms with Crippen LogP contribution in [-0.4, -0.2) is 50.0 Å². The molecule has 2 fully saturated rings. The second-order valence-electron chi connectivity index (χ2n) is 10.3. The van der Waals surface area contributed by atoms with Gasteiger partial charge in [-0.2, -0.15) is 5.10 Å². The van der Waals surface area contributed by atoms with Gasteiger partial charge in [-0.1, -0.05) is 31.2 Å². The first-order valence-electron chi connectivity index (χ1n) is 13.0. The van der Waals surface area contributed by atoms with Crippen molar-refractivity contribution in [3.05, 3.63) is 77.9 Å². The highest BCUT2D eigenvalue weighted by atomic mass is 16.2. The van der Waals surface area contributed by atoms with Gasteiger partial charge in [0.15, 0.2) is 5.65 Å². The Bertz CT molecular complexity index is 1400. The van der Waals surface area contributed by atoms with Crippen LogP contribution in [0.3, 0.4) is 0 Å². The summed E-state index contributed by atoms with van der Waals surface area (Å²) in [6, 6.07) is 13.8. The van der Waals surface area contributed by atoms with Crippen LogP contribution < -0.4 is 4.90 Å². The zero-order valence-corrected chi connectivity index (χ0v) is 21.0. The zero-order chi connectivity index (χ0) is 24.6. The minimum absolute atomic E-state index is 0.0482. The van der Waals surface area contributed by atoms with Crippen LogP contribution in [0.25, 0.3) is 16.8 Å². The Morgan fingerprint density at radius 1 is 1.06 bits per heavy atom. The number of nitrogens with zero attached hydrogens (tertiary/aromatic N) is 6. The Morgan fingerprint density at radius 3 is 2.75 bits per heavy atom. The van der Waals surface area contributed by atoms with Crippen molar-refractivity contribution in [2.45, 2.75) is 45.6 Å². The molecule has 6 rings (SSSR count). The minimum Gasteiger partial charge on any atom is -0.356 e. The summed E-state index contributed by atoms with van der Waals surface area (Å²) in [7, 11) is 0. The van der Waals surface area contributed by atoms with Gasteiger partial charge in [0.05, 0.1) is 11.7 Å². The monoisotopic (exact) mass is 480 g/mol. The van der Waals surface area contributed by atoms with Gasteiger partial charge in [-0.3, -0.25) is 9.78 Å². The van der Waals surface area contributed by atoms with E-state index in [4.69, 9.17) is 10.1 Å². The van der Waals surface area contributed by atoms with Gasteiger partial charge >= 0.3 is 0 Å². The molecule has 1 aromatic carbocycles. The normalized spacial score (nSPS) is 20.3. The van der Waals surface area contributed by atoms with E-state index in [0.717, 1.165) is 72.7 Å². The molecule has 0 spiro atoms. The quantitative estimate of drug-likeness (QED) is 0.396. The number of carbonyl (C=O) groups excluding carboxylic acids is 1. The van der Waals surface area contributed by atoms with Crippen molar-refractivity contribution in [3.8, 4) is 11.1 Å². The highest BCUT2D eigenvalue weighted by molar-refractivity contribution is 6.01. The van der Waals surface area contributed by atoms with E-state index in [1.165, 1.54) is 6.42 Å². The lowest BCUT2D eigenvalue weighted by Gasteiger charge is -2.35. The molecule has 0 N–H and O–H groups in total. The van der Waals surface area contributed by atoms with Crippen molar-refractivity contribution in [3.63, 3.8) is 0 Å². The molecule has 7 nitrogen and oxygen atoms in total. The van der Waals surface area contributed by atoms with Crippen molar-refractivity contribution in [1.82, 2.24) is 24.5 Å². The molecule has 0 aliphatic carbocycles. The van der Waals surface area contributed by atoms with E-state index in [-0.39, 0.29) is 11.9 Å². The molecule has 2 saturated heterocycles. The van der Waals surface area contributed by atoms with E-state index in [2.05, 4.69) is 36.0 Å². The number of hydrogen-bond donors (Lipinski definition) is 0. The largest absolute Gasteiger partial charge is 0.356 e. The van der Waals surface area contributed by atoms with E-state index < -0.39 is 0 Å². The molecule has 7 heteroatoms. The van der Waals surface area contributed by atoms with Crippen molar-refractivity contribution in [2.24, 2.45) is 5.92 Å². The van der Waals surface area contributed by atoms with Crippen molar-refractivity contribution in [2.75, 3.05) is 24.5 Å². The molecule has 0 radical (unpaired) electrons. The van der Waals surface area contributed by atoms with E-state index in [0.29, 0.717) is 11.5 Å². The standard InChI is InChI=1S/C29H32N6O/c1-20-12-15-33(18-20)28-21(2)19-35-27(31-28)16-25(32-35)26-11-5-6-14-34(26)29(36)24-10-4-3-9-23(24)22-8-7-13-30-17-22/h3-4,7-10,13,16-17,19-20,26H,5-6,11-12,14-15,18H2,1-2H3/t20-,26-/m0/s1. The first-order chi connectivity index (χ1) is 17.6. The molecule has 4 aromatic rings. The molecule has 5 heterocycles. The molecular weight excluding hydrogens is 448 g/mol. The summed E-state index contributed by atoms with van der Waals surface area (Å²) in [4.78, 5) is 27.6. The van der Waals surface area contributed by atoms with Crippen LogP contribution in [0, 0.1) is 12.8 Å². The van der Waals surface area contributed by atoms with Crippen molar-refractivity contribution in [1.29, 1.82) is 0 Å². The lowest BCUT2D eigenvalue weighted by molar-refractivity contribution is 0.0606. The topological polar surface area (TPSA) is 66.6 Å². The Labute approximate surface area is 211 Å². The van der Waals surface area contributed by atoms with Crippen molar-refractivity contribution < 1.29 is 4.79 Å². The first kappa shape index (κ1) is 22.7. The molecule has 36 heavy (non-hydrogen) atoms. The third-order valence-corrected chi connectivity index (χ3v) is 7.58. The van der Waals surface area contributed by atoms with Crippen LogP contribution in [0.5, 0.6) is 0 Å². The average Bonchev–Trinajstić information content (AvgIpc) is 3.54. The number of aromatic nitrogens is 4. The van der Waals surface area contributed by atoms with Crippen LogP contribution in [0.1, 0.15) is 60.3 Å². The highest BCUT2D eigenvalue weighted by Gasteiger charge is 2.32. The molecule has 3 aromatic heterocycles. The van der Waals surface area contributed by atoms with Crippen LogP contribution in [-0.2, 0) is 0 Å². The predicted molar refractivity (Wildman–Crippen MR) is 141 cm³/mol. The molecule has 2 atom stereocenters. The molecule has 2 aliphatic rings. The number of rotatable bonds is 4. The number of piperidine rings is 1. The maximum Gasteiger partial charge on any atom is 0.255 e. The molecule has 1 amide bonds. The fraction of sp³-hybridized carbons (Fsp3) is 0.379. The lowest BCUT2D eigenvalue weighted by atomic mass is 9.95. The van der Waals surface area contributed by atoms with E-state index in [1.54, 1.807) is 6.20 Å². The van der Waals surface area contributed by atoms with E-state index in [1.807, 2.05) is 52.0 Å². The third kappa shape index (κ3) is 4.12. The maximum absolute atomic E-state index is 14.0. The van der Waals surface area contributed by atoms with Gasteiger partial charge in [-0.15, -0.1) is 0 Å². The number of carbonyl (C=O) groups is 1. The number of pyridine rings is 1. The second kappa shape index (κ2) is 9.37. The third-order valence-electron chi connectivity index (χ3n) is 7.58. The smallest absolute Gasteiger partial charge is 0.255 e. The predicted octanol–water partition coefficient (Wildman–Crippen LogP) is 5.31. The molecule has 184 valence electrons. The Balaban J connectivity index is 1.34. The number of aryl methyl sites for hydroxylation is 1. The fourth-order valence-electron chi connectivity index (χ4n) is 5.71. The van der Waals surface area contributed by atoms with Crippen molar-refractivity contribution >= 4 is 17.4 Å². The van der Waals surface area contributed by atoms with Gasteiger partial charge in [0.2, 0.25) is 0 Å². The van der Waals surface area contributed by atoms with E-state index >= 15 is 0 Å². The molecule has 0 bridgehead atoms. The number of anilines is 1. The Morgan fingerprint density at radius 2 is 1.94 bits per heavy atom. The van der Waals surface area contributed by atoms with Crippen LogP contribution in [0.15, 0.2) is 61.1 Å². The van der Waals surface area contributed by atoms with Gasteiger partial charge in [0, 0.05) is 61.0 Å². The number of likely N-dealkylation sites (tertiary alicyclic amines) is 1. The molecule has 0 unspecified atom stereocenters. The van der Waals surface area contributed by atoms with Crippen LogP contribution in [0.2, 0.25) is 0 Å². The summed E-state index contributed by atoms with van der Waals surface area (Å²) in [5.41, 5.74) is 5.47. The number of fused-ring (bicyclic) bond motifs is 1. The Hall–Kier alpha value is -3.74. The first-order valence-corrected chi connectivity index (χ1v) is 13.0. The lowest BCUT2D eigenvalue weighted by Crippen LogP contribution is -2.39. The summed E-state index contributed by atoms with van der Waals surface area (Å²) in [5, 5.41) is 4.92. The summed E-state index contributed by atoms with van der Waals surface area (Å²) < 4.78 is 1.88. The number of hydrogen-bond acceptors (Lipinski definition) is 5.